The lowest BCUT2D eigenvalue weighted by Crippen LogP contribution is -2.29. The molecule has 1 unspecified atom stereocenters. The van der Waals surface area contributed by atoms with Gasteiger partial charge in [-0.2, -0.15) is 13.2 Å². The van der Waals surface area contributed by atoms with Crippen molar-refractivity contribution < 1.29 is 36.6 Å². The van der Waals surface area contributed by atoms with Crippen molar-refractivity contribution in [3.63, 3.8) is 0 Å². The molecule has 1 aliphatic heterocycles. The van der Waals surface area contributed by atoms with E-state index in [0.717, 1.165) is 35.2 Å². The second kappa shape index (κ2) is 8.40. The van der Waals surface area contributed by atoms with Gasteiger partial charge in [0, 0.05) is 5.69 Å². The Bertz CT molecular complexity index is 1580. The molecule has 1 aliphatic rings. The molecule has 2 heterocycles. The zero-order chi connectivity index (χ0) is 25.8. The number of nitrogens with zero attached hydrogens (tertiary/aromatic N) is 1. The fourth-order valence-electron chi connectivity index (χ4n) is 4.33. The van der Waals surface area contributed by atoms with Gasteiger partial charge in [0.25, 0.3) is 5.91 Å². The van der Waals surface area contributed by atoms with E-state index in [9.17, 15) is 32.3 Å². The molecule has 184 valence electrons. The number of carbonyl (C=O) groups is 1. The van der Waals surface area contributed by atoms with E-state index in [1.807, 2.05) is 0 Å². The highest BCUT2D eigenvalue weighted by Crippen LogP contribution is 2.44. The molecular weight excluding hydrogens is 482 g/mol. The van der Waals surface area contributed by atoms with Crippen LogP contribution in [0.4, 0.5) is 23.2 Å². The second-order valence-electron chi connectivity index (χ2n) is 8.10. The van der Waals surface area contributed by atoms with Crippen LogP contribution in [0.25, 0.3) is 11.0 Å². The van der Waals surface area contributed by atoms with Crippen LogP contribution in [0, 0.1) is 5.82 Å². The minimum absolute atomic E-state index is 0.0427. The van der Waals surface area contributed by atoms with Crippen molar-refractivity contribution in [3.8, 4) is 11.5 Å². The molecule has 4 aromatic rings. The van der Waals surface area contributed by atoms with Gasteiger partial charge in [-0.15, -0.1) is 0 Å². The summed E-state index contributed by atoms with van der Waals surface area (Å²) >= 11 is 0. The molecule has 1 atom stereocenters. The van der Waals surface area contributed by atoms with Gasteiger partial charge in [0.05, 0.1) is 29.2 Å². The van der Waals surface area contributed by atoms with Crippen LogP contribution in [0.15, 0.2) is 69.9 Å². The van der Waals surface area contributed by atoms with Crippen LogP contribution in [-0.2, 0) is 6.18 Å². The van der Waals surface area contributed by atoms with E-state index < -0.39 is 34.9 Å². The van der Waals surface area contributed by atoms with E-state index in [-0.39, 0.29) is 51.6 Å². The lowest BCUT2D eigenvalue weighted by atomic mass is 9.97. The molecule has 1 N–H and O–H groups in total. The van der Waals surface area contributed by atoms with Crippen LogP contribution < -0.4 is 15.1 Å². The molecule has 0 spiro atoms. The summed E-state index contributed by atoms with van der Waals surface area (Å²) in [7, 11) is 0. The average molecular weight is 499 g/mol. The fourth-order valence-corrected chi connectivity index (χ4v) is 4.33. The quantitative estimate of drug-likeness (QED) is 0.359. The first-order valence-electron chi connectivity index (χ1n) is 10.8. The summed E-state index contributed by atoms with van der Waals surface area (Å²) in [6.45, 7) is 1.88. The van der Waals surface area contributed by atoms with E-state index in [0.29, 0.717) is 0 Å². The largest absolute Gasteiger partial charge is 0.504 e. The van der Waals surface area contributed by atoms with Gasteiger partial charge in [-0.3, -0.25) is 14.5 Å². The van der Waals surface area contributed by atoms with Crippen LogP contribution in [0.2, 0.25) is 0 Å². The zero-order valence-electron chi connectivity index (χ0n) is 18.6. The first-order chi connectivity index (χ1) is 17.1. The smallest absolute Gasteiger partial charge is 0.416 e. The van der Waals surface area contributed by atoms with Crippen molar-refractivity contribution >= 4 is 22.6 Å². The Labute approximate surface area is 201 Å². The summed E-state index contributed by atoms with van der Waals surface area (Å²) in [6, 6.07) is 10.2. The van der Waals surface area contributed by atoms with Gasteiger partial charge < -0.3 is 14.3 Å². The highest BCUT2D eigenvalue weighted by atomic mass is 19.4. The summed E-state index contributed by atoms with van der Waals surface area (Å²) in [5.74, 6) is -2.07. The number of amides is 1. The number of benzene rings is 3. The van der Waals surface area contributed by atoms with E-state index in [1.165, 1.54) is 30.3 Å². The van der Waals surface area contributed by atoms with Crippen LogP contribution in [0.1, 0.15) is 40.2 Å². The van der Waals surface area contributed by atoms with Gasteiger partial charge in [0.1, 0.15) is 11.4 Å². The number of hydrogen-bond donors (Lipinski definition) is 1. The second-order valence-corrected chi connectivity index (χ2v) is 8.10. The lowest BCUT2D eigenvalue weighted by molar-refractivity contribution is -0.137. The molecule has 0 aliphatic carbocycles. The van der Waals surface area contributed by atoms with Crippen LogP contribution >= 0.6 is 0 Å². The maximum atomic E-state index is 13.9. The maximum absolute atomic E-state index is 13.9. The van der Waals surface area contributed by atoms with Gasteiger partial charge in [-0.1, -0.05) is 12.1 Å². The van der Waals surface area contributed by atoms with Gasteiger partial charge in [0.15, 0.2) is 16.9 Å². The first kappa shape index (κ1) is 23.4. The Kier molecular flexibility index (Phi) is 5.46. The van der Waals surface area contributed by atoms with E-state index in [4.69, 9.17) is 9.15 Å². The topological polar surface area (TPSA) is 80.0 Å². The van der Waals surface area contributed by atoms with Crippen LogP contribution in [0.5, 0.6) is 11.5 Å². The summed E-state index contributed by atoms with van der Waals surface area (Å²) in [5.41, 5.74) is -1.77. The van der Waals surface area contributed by atoms with Crippen molar-refractivity contribution in [2.75, 3.05) is 11.5 Å². The third-order valence-corrected chi connectivity index (χ3v) is 5.88. The summed E-state index contributed by atoms with van der Waals surface area (Å²) in [4.78, 5) is 28.1. The maximum Gasteiger partial charge on any atom is 0.416 e. The van der Waals surface area contributed by atoms with Crippen molar-refractivity contribution in [1.82, 2.24) is 0 Å². The van der Waals surface area contributed by atoms with Crippen molar-refractivity contribution in [2.24, 2.45) is 0 Å². The number of aromatic hydroxyl groups is 1. The number of rotatable bonds is 4. The Balaban J connectivity index is 1.80. The molecule has 0 radical (unpaired) electrons. The first-order valence-corrected chi connectivity index (χ1v) is 10.8. The van der Waals surface area contributed by atoms with Crippen molar-refractivity contribution in [2.45, 2.75) is 19.1 Å². The molecule has 6 nitrogen and oxygen atoms in total. The zero-order valence-corrected chi connectivity index (χ0v) is 18.6. The lowest BCUT2D eigenvalue weighted by Gasteiger charge is -2.26. The van der Waals surface area contributed by atoms with Gasteiger partial charge in [-0.05, 0) is 61.0 Å². The third kappa shape index (κ3) is 3.74. The summed E-state index contributed by atoms with van der Waals surface area (Å²) in [6.07, 6.45) is -4.68. The number of phenolic OH excluding ortho intramolecular Hbond substituents is 1. The predicted molar refractivity (Wildman–Crippen MR) is 122 cm³/mol. The van der Waals surface area contributed by atoms with E-state index in [1.54, 1.807) is 6.92 Å². The summed E-state index contributed by atoms with van der Waals surface area (Å²) in [5, 5.41) is 10.0. The van der Waals surface area contributed by atoms with Gasteiger partial charge >= 0.3 is 6.18 Å². The third-order valence-electron chi connectivity index (χ3n) is 5.88. The number of carbonyl (C=O) groups excluding carboxylic acids is 1. The molecule has 1 amide bonds. The molecule has 0 saturated carbocycles. The van der Waals surface area contributed by atoms with E-state index >= 15 is 0 Å². The van der Waals surface area contributed by atoms with Gasteiger partial charge in [-0.25, -0.2) is 4.39 Å². The highest BCUT2D eigenvalue weighted by molar-refractivity contribution is 6.10. The summed E-state index contributed by atoms with van der Waals surface area (Å²) < 4.78 is 65.4. The number of phenols is 1. The Morgan fingerprint density at radius 3 is 2.56 bits per heavy atom. The molecule has 0 saturated heterocycles. The normalized spacial score (nSPS) is 15.4. The van der Waals surface area contributed by atoms with Crippen molar-refractivity contribution in [3.05, 3.63) is 99.2 Å². The average Bonchev–Trinajstić information content (AvgIpc) is 3.13. The highest BCUT2D eigenvalue weighted by Gasteiger charge is 2.44. The number of anilines is 1. The predicted octanol–water partition coefficient (Wildman–Crippen LogP) is 5.81. The molecule has 0 bridgehead atoms. The Morgan fingerprint density at radius 2 is 1.83 bits per heavy atom. The number of ether oxygens (including phenoxy) is 1. The number of halogens is 4. The Hall–Kier alpha value is -4.34. The molecule has 10 heteroatoms. The van der Waals surface area contributed by atoms with Crippen molar-refractivity contribution in [1.29, 1.82) is 0 Å². The number of fused-ring (bicyclic) bond motifs is 2. The standard InChI is InChI=1S/C26H17F4NO5/c1-2-35-20-10-13(6-8-18(20)32)22-21-23(33)17-12-15(27)7-9-19(17)36-24(21)25(34)31(22)16-5-3-4-14(11-16)26(28,29)30/h3-12,22,32H,2H2,1H3. The molecular formula is C26H17F4NO5. The number of hydrogen-bond acceptors (Lipinski definition) is 5. The fraction of sp³-hybridized carbons (Fsp3) is 0.154. The molecule has 0 fully saturated rings. The van der Waals surface area contributed by atoms with Crippen LogP contribution in [-0.4, -0.2) is 17.6 Å². The van der Waals surface area contributed by atoms with Gasteiger partial charge in [0.2, 0.25) is 5.76 Å². The molecule has 1 aromatic heterocycles. The molecule has 3 aromatic carbocycles. The van der Waals surface area contributed by atoms with Crippen LogP contribution in [0.3, 0.4) is 0 Å². The monoisotopic (exact) mass is 499 g/mol. The molecule has 36 heavy (non-hydrogen) atoms. The SMILES string of the molecule is CCOc1cc(C2c3c(oc4ccc(F)cc4c3=O)C(=O)N2c2cccc(C(F)(F)F)c2)ccc1O. The van der Waals surface area contributed by atoms with E-state index in [2.05, 4.69) is 0 Å². The minimum atomic E-state index is -4.68. The number of alkyl halides is 3. The molecule has 5 rings (SSSR count). The minimum Gasteiger partial charge on any atom is -0.504 e. The Morgan fingerprint density at radius 1 is 1.06 bits per heavy atom.